The van der Waals surface area contributed by atoms with Gasteiger partial charge < -0.3 is 15.1 Å². The third-order valence-corrected chi connectivity index (χ3v) is 4.44. The Morgan fingerprint density at radius 2 is 2.03 bits per heavy atom. The number of para-hydroxylation sites is 1. The van der Waals surface area contributed by atoms with Crippen molar-refractivity contribution in [3.05, 3.63) is 58.8 Å². The van der Waals surface area contributed by atoms with Crippen LogP contribution >= 0.6 is 0 Å². The van der Waals surface area contributed by atoms with Crippen LogP contribution in [0.2, 0.25) is 0 Å². The molecule has 0 bridgehead atoms. The lowest BCUT2D eigenvalue weighted by atomic mass is 10.2. The summed E-state index contributed by atoms with van der Waals surface area (Å²) in [6.45, 7) is 3.60. The van der Waals surface area contributed by atoms with E-state index in [1.54, 1.807) is 35.1 Å². The van der Waals surface area contributed by atoms with Gasteiger partial charge in [-0.05, 0) is 18.6 Å². The fourth-order valence-corrected chi connectivity index (χ4v) is 3.02. The summed E-state index contributed by atoms with van der Waals surface area (Å²) < 4.78 is 7.25. The first-order valence-electron chi connectivity index (χ1n) is 9.39. The molecule has 9 heteroatoms. The number of fused-ring (bicyclic) bond motifs is 2. The van der Waals surface area contributed by atoms with Gasteiger partial charge in [0.25, 0.3) is 5.91 Å². The quantitative estimate of drug-likeness (QED) is 0.495. The first kappa shape index (κ1) is 18.6. The molecule has 1 amide bonds. The van der Waals surface area contributed by atoms with E-state index >= 15 is 0 Å². The Bertz CT molecular complexity index is 1230. The standard InChI is InChI=1S/C20H20N6O3/c1-2-7-21-18-14-11-25-26(19(14)24-12-23-18)9-8-22-20(28)17-10-15(27)13-5-3-4-6-16(13)29-17/h3-6,10-12H,2,7-9H2,1H3,(H,22,28)(H,21,23,24). The molecule has 148 valence electrons. The van der Waals surface area contributed by atoms with Crippen LogP contribution in [0.25, 0.3) is 22.0 Å². The Morgan fingerprint density at radius 1 is 1.17 bits per heavy atom. The van der Waals surface area contributed by atoms with E-state index in [-0.39, 0.29) is 11.2 Å². The fraction of sp³-hybridized carbons (Fsp3) is 0.250. The van der Waals surface area contributed by atoms with Crippen LogP contribution in [0, 0.1) is 0 Å². The second-order valence-electron chi connectivity index (χ2n) is 6.48. The van der Waals surface area contributed by atoms with Gasteiger partial charge in [0.1, 0.15) is 17.7 Å². The topological polar surface area (TPSA) is 115 Å². The summed E-state index contributed by atoms with van der Waals surface area (Å²) in [6, 6.07) is 8.03. The molecule has 0 spiro atoms. The van der Waals surface area contributed by atoms with E-state index in [1.807, 2.05) is 0 Å². The number of amides is 1. The van der Waals surface area contributed by atoms with Crippen LogP contribution in [0.4, 0.5) is 5.82 Å². The van der Waals surface area contributed by atoms with Crippen molar-refractivity contribution >= 4 is 33.7 Å². The smallest absolute Gasteiger partial charge is 0.287 e. The fourth-order valence-electron chi connectivity index (χ4n) is 3.02. The molecule has 3 heterocycles. The Labute approximate surface area is 165 Å². The molecule has 0 aliphatic rings. The highest BCUT2D eigenvalue weighted by molar-refractivity contribution is 5.93. The predicted molar refractivity (Wildman–Crippen MR) is 109 cm³/mol. The zero-order valence-corrected chi connectivity index (χ0v) is 15.9. The monoisotopic (exact) mass is 392 g/mol. The summed E-state index contributed by atoms with van der Waals surface area (Å²) >= 11 is 0. The number of rotatable bonds is 7. The summed E-state index contributed by atoms with van der Waals surface area (Å²) in [5, 5.41) is 11.6. The van der Waals surface area contributed by atoms with Crippen molar-refractivity contribution in [1.29, 1.82) is 0 Å². The highest BCUT2D eigenvalue weighted by Gasteiger charge is 2.13. The molecular weight excluding hydrogens is 372 g/mol. The lowest BCUT2D eigenvalue weighted by Gasteiger charge is -2.07. The molecule has 0 atom stereocenters. The zero-order chi connectivity index (χ0) is 20.2. The largest absolute Gasteiger partial charge is 0.451 e. The van der Waals surface area contributed by atoms with Crippen LogP contribution < -0.4 is 16.1 Å². The van der Waals surface area contributed by atoms with Crippen LogP contribution in [-0.2, 0) is 6.54 Å². The third-order valence-electron chi connectivity index (χ3n) is 4.44. The number of carbonyl (C=O) groups is 1. The van der Waals surface area contributed by atoms with Crippen molar-refractivity contribution in [2.24, 2.45) is 0 Å². The number of anilines is 1. The first-order valence-corrected chi connectivity index (χ1v) is 9.39. The van der Waals surface area contributed by atoms with Crippen LogP contribution in [0.15, 0.2) is 52.1 Å². The molecule has 1 aromatic carbocycles. The van der Waals surface area contributed by atoms with Crippen molar-refractivity contribution in [2.75, 3.05) is 18.4 Å². The number of hydrogen-bond acceptors (Lipinski definition) is 7. The van der Waals surface area contributed by atoms with Gasteiger partial charge in [0.05, 0.1) is 23.5 Å². The molecule has 29 heavy (non-hydrogen) atoms. The van der Waals surface area contributed by atoms with Crippen molar-refractivity contribution < 1.29 is 9.21 Å². The van der Waals surface area contributed by atoms with E-state index in [0.29, 0.717) is 29.7 Å². The normalized spacial score (nSPS) is 11.1. The Kier molecular flexibility index (Phi) is 5.19. The second-order valence-corrected chi connectivity index (χ2v) is 6.48. The number of aromatic nitrogens is 4. The Hall–Kier alpha value is -3.75. The number of carbonyl (C=O) groups excluding carboxylic acids is 1. The van der Waals surface area contributed by atoms with Crippen LogP contribution in [0.1, 0.15) is 23.9 Å². The van der Waals surface area contributed by atoms with Crippen LogP contribution in [0.5, 0.6) is 0 Å². The minimum absolute atomic E-state index is 0.0209. The van der Waals surface area contributed by atoms with Crippen molar-refractivity contribution in [3.8, 4) is 0 Å². The summed E-state index contributed by atoms with van der Waals surface area (Å²) in [4.78, 5) is 33.1. The number of benzene rings is 1. The number of hydrogen-bond donors (Lipinski definition) is 2. The van der Waals surface area contributed by atoms with Crippen LogP contribution in [0.3, 0.4) is 0 Å². The summed E-state index contributed by atoms with van der Waals surface area (Å²) in [6.07, 6.45) is 4.18. The van der Waals surface area contributed by atoms with E-state index in [4.69, 9.17) is 4.42 Å². The first-order chi connectivity index (χ1) is 14.2. The van der Waals surface area contributed by atoms with Gasteiger partial charge in [0.15, 0.2) is 16.8 Å². The molecule has 0 saturated heterocycles. The summed E-state index contributed by atoms with van der Waals surface area (Å²) in [5.74, 6) is 0.265. The third kappa shape index (κ3) is 3.79. The SMILES string of the molecule is CCCNc1ncnc2c1cnn2CCNC(=O)c1cc(=O)c2ccccc2o1. The van der Waals surface area contributed by atoms with Crippen molar-refractivity contribution in [3.63, 3.8) is 0 Å². The highest BCUT2D eigenvalue weighted by atomic mass is 16.3. The number of nitrogens with one attached hydrogen (secondary N) is 2. The molecule has 0 radical (unpaired) electrons. The summed E-state index contributed by atoms with van der Waals surface area (Å²) in [7, 11) is 0. The molecule has 9 nitrogen and oxygen atoms in total. The summed E-state index contributed by atoms with van der Waals surface area (Å²) in [5.41, 5.74) is 0.816. The van der Waals surface area contributed by atoms with E-state index < -0.39 is 5.91 Å². The van der Waals surface area contributed by atoms with Gasteiger partial charge in [-0.3, -0.25) is 9.59 Å². The molecule has 4 aromatic rings. The van der Waals surface area contributed by atoms with Gasteiger partial charge >= 0.3 is 0 Å². The van der Waals surface area contributed by atoms with Gasteiger partial charge in [-0.15, -0.1) is 0 Å². The lowest BCUT2D eigenvalue weighted by molar-refractivity contribution is 0.0925. The Balaban J connectivity index is 1.45. The van der Waals surface area contributed by atoms with Gasteiger partial charge in [-0.25, -0.2) is 14.6 Å². The maximum absolute atomic E-state index is 12.4. The van der Waals surface area contributed by atoms with Crippen LogP contribution in [-0.4, -0.2) is 38.7 Å². The molecule has 0 fully saturated rings. The molecule has 0 aliphatic heterocycles. The van der Waals surface area contributed by atoms with Crippen molar-refractivity contribution in [1.82, 2.24) is 25.1 Å². The predicted octanol–water partition coefficient (Wildman–Crippen LogP) is 2.18. The average Bonchev–Trinajstić information content (AvgIpc) is 3.16. The molecule has 0 saturated carbocycles. The van der Waals surface area contributed by atoms with E-state index in [9.17, 15) is 9.59 Å². The van der Waals surface area contributed by atoms with Gasteiger partial charge in [0.2, 0.25) is 0 Å². The van der Waals surface area contributed by atoms with Gasteiger partial charge in [0, 0.05) is 19.2 Å². The van der Waals surface area contributed by atoms with E-state index in [2.05, 4.69) is 32.6 Å². The highest BCUT2D eigenvalue weighted by Crippen LogP contribution is 2.18. The average molecular weight is 392 g/mol. The minimum Gasteiger partial charge on any atom is -0.451 e. The van der Waals surface area contributed by atoms with E-state index in [0.717, 1.165) is 24.2 Å². The maximum Gasteiger partial charge on any atom is 0.287 e. The van der Waals surface area contributed by atoms with Gasteiger partial charge in [-0.1, -0.05) is 19.1 Å². The molecular formula is C20H20N6O3. The molecule has 2 N–H and O–H groups in total. The minimum atomic E-state index is -0.454. The maximum atomic E-state index is 12.4. The molecule has 3 aromatic heterocycles. The van der Waals surface area contributed by atoms with Gasteiger partial charge in [-0.2, -0.15) is 5.10 Å². The van der Waals surface area contributed by atoms with E-state index in [1.165, 1.54) is 12.4 Å². The molecule has 4 rings (SSSR count). The lowest BCUT2D eigenvalue weighted by Crippen LogP contribution is -2.28. The molecule has 0 unspecified atom stereocenters. The Morgan fingerprint density at radius 3 is 2.90 bits per heavy atom. The second kappa shape index (κ2) is 8.09. The van der Waals surface area contributed by atoms with Crippen molar-refractivity contribution in [2.45, 2.75) is 19.9 Å². The number of nitrogens with zero attached hydrogens (tertiary/aromatic N) is 4. The molecule has 0 aliphatic carbocycles. The zero-order valence-electron chi connectivity index (χ0n) is 15.9.